The van der Waals surface area contributed by atoms with Crippen LogP contribution >= 0.6 is 0 Å². The number of aliphatic hydroxyl groups excluding tert-OH is 1. The third-order valence-corrected chi connectivity index (χ3v) is 9.90. The van der Waals surface area contributed by atoms with Crippen LogP contribution in [0.25, 0.3) is 0 Å². The lowest BCUT2D eigenvalue weighted by molar-refractivity contribution is -0.148. The maximum absolute atomic E-state index is 14.4. The number of rotatable bonds is 11. The standard InChI is InChI=1S/C33H44N4O5/c1-6-21(4)25(20-38)37-28(30(40)35-23-14-16-24(17-15-23)36(7-2)8-3)33-19-18-32(5,42-33)26(27(33)31(37)41)29(39)34-22-12-10-9-11-13-22/h9-17,21,25-28,38H,6-8,18-20H2,1-5H3,(H,34,39)(H,35,40)/t21-,25-,26+,27-,28?,32-,33?/m0/s1. The van der Waals surface area contributed by atoms with E-state index >= 15 is 0 Å². The van der Waals surface area contributed by atoms with Crippen molar-refractivity contribution in [1.82, 2.24) is 4.90 Å². The summed E-state index contributed by atoms with van der Waals surface area (Å²) in [6.07, 6.45) is 1.74. The molecule has 3 saturated heterocycles. The quantitative estimate of drug-likeness (QED) is 0.368. The van der Waals surface area contributed by atoms with Crippen molar-refractivity contribution >= 4 is 34.8 Å². The molecule has 3 fully saturated rings. The zero-order chi connectivity index (χ0) is 30.2. The Labute approximate surface area is 248 Å². The number of amides is 3. The molecule has 2 aromatic rings. The van der Waals surface area contributed by atoms with Crippen LogP contribution in [0, 0.1) is 17.8 Å². The molecule has 2 bridgehead atoms. The number of para-hydroxylation sites is 1. The summed E-state index contributed by atoms with van der Waals surface area (Å²) in [5.41, 5.74) is 0.256. The molecule has 3 heterocycles. The highest BCUT2D eigenvalue weighted by molar-refractivity contribution is 6.05. The Morgan fingerprint density at radius 2 is 1.62 bits per heavy atom. The van der Waals surface area contributed by atoms with Crippen LogP contribution in [0.4, 0.5) is 17.1 Å². The van der Waals surface area contributed by atoms with Gasteiger partial charge in [-0.05, 0) is 75.9 Å². The van der Waals surface area contributed by atoms with Gasteiger partial charge in [0.15, 0.2) is 0 Å². The van der Waals surface area contributed by atoms with Gasteiger partial charge in [-0.1, -0.05) is 38.5 Å². The van der Waals surface area contributed by atoms with E-state index < -0.39 is 35.1 Å². The highest BCUT2D eigenvalue weighted by Crippen LogP contribution is 2.63. The summed E-state index contributed by atoms with van der Waals surface area (Å²) in [5, 5.41) is 16.6. The van der Waals surface area contributed by atoms with Crippen molar-refractivity contribution in [2.24, 2.45) is 17.8 Å². The van der Waals surface area contributed by atoms with Crippen LogP contribution in [-0.4, -0.2) is 70.7 Å². The van der Waals surface area contributed by atoms with Gasteiger partial charge in [0.25, 0.3) is 0 Å². The van der Waals surface area contributed by atoms with Gasteiger partial charge in [0, 0.05) is 30.2 Å². The molecule has 3 aliphatic rings. The zero-order valence-electron chi connectivity index (χ0n) is 25.3. The van der Waals surface area contributed by atoms with Crippen LogP contribution in [0.5, 0.6) is 0 Å². The van der Waals surface area contributed by atoms with Crippen LogP contribution < -0.4 is 15.5 Å². The van der Waals surface area contributed by atoms with E-state index in [0.29, 0.717) is 30.6 Å². The van der Waals surface area contributed by atoms with Gasteiger partial charge in [-0.15, -0.1) is 0 Å². The van der Waals surface area contributed by atoms with Crippen molar-refractivity contribution in [1.29, 1.82) is 0 Å². The molecule has 42 heavy (non-hydrogen) atoms. The Hall–Kier alpha value is -3.43. The summed E-state index contributed by atoms with van der Waals surface area (Å²) in [6.45, 7) is 11.5. The van der Waals surface area contributed by atoms with Gasteiger partial charge in [0.05, 0.1) is 30.1 Å². The number of hydrogen-bond donors (Lipinski definition) is 3. The third kappa shape index (κ3) is 4.86. The molecule has 1 spiro atoms. The molecule has 226 valence electrons. The average Bonchev–Trinajstić information content (AvgIpc) is 3.56. The van der Waals surface area contributed by atoms with Gasteiger partial charge in [0.2, 0.25) is 17.7 Å². The first-order chi connectivity index (χ1) is 20.1. The van der Waals surface area contributed by atoms with E-state index in [1.54, 1.807) is 17.0 Å². The minimum absolute atomic E-state index is 0.0674. The van der Waals surface area contributed by atoms with Gasteiger partial charge >= 0.3 is 0 Å². The number of hydrogen-bond acceptors (Lipinski definition) is 6. The van der Waals surface area contributed by atoms with Crippen molar-refractivity contribution in [2.45, 2.75) is 77.2 Å². The van der Waals surface area contributed by atoms with Gasteiger partial charge in [-0.3, -0.25) is 14.4 Å². The maximum atomic E-state index is 14.4. The Bertz CT molecular complexity index is 1300. The average molecular weight is 577 g/mol. The van der Waals surface area contributed by atoms with E-state index in [2.05, 4.69) is 29.4 Å². The fourth-order valence-electron chi connectivity index (χ4n) is 7.53. The van der Waals surface area contributed by atoms with Crippen LogP contribution in [0.1, 0.15) is 53.9 Å². The molecule has 3 aliphatic heterocycles. The Morgan fingerprint density at radius 1 is 1.00 bits per heavy atom. The topological polar surface area (TPSA) is 111 Å². The molecule has 7 atom stereocenters. The van der Waals surface area contributed by atoms with E-state index in [-0.39, 0.29) is 30.2 Å². The fourth-order valence-corrected chi connectivity index (χ4v) is 7.53. The molecule has 0 radical (unpaired) electrons. The van der Waals surface area contributed by atoms with Crippen molar-refractivity contribution in [3.8, 4) is 0 Å². The number of ether oxygens (including phenoxy) is 1. The first-order valence-corrected chi connectivity index (χ1v) is 15.3. The summed E-state index contributed by atoms with van der Waals surface area (Å²) >= 11 is 0. The number of carbonyl (C=O) groups is 3. The van der Waals surface area contributed by atoms with E-state index in [1.807, 2.05) is 63.2 Å². The molecule has 5 rings (SSSR count). The molecule has 0 saturated carbocycles. The maximum Gasteiger partial charge on any atom is 0.250 e. The van der Waals surface area contributed by atoms with Crippen molar-refractivity contribution < 1.29 is 24.2 Å². The summed E-state index contributed by atoms with van der Waals surface area (Å²) in [7, 11) is 0. The summed E-state index contributed by atoms with van der Waals surface area (Å²) in [4.78, 5) is 46.3. The summed E-state index contributed by atoms with van der Waals surface area (Å²) in [6, 6.07) is 15.3. The predicted molar refractivity (Wildman–Crippen MR) is 163 cm³/mol. The fraction of sp³-hybridized carbons (Fsp3) is 0.545. The van der Waals surface area contributed by atoms with E-state index in [4.69, 9.17) is 4.74 Å². The number of carbonyl (C=O) groups excluding carboxylic acids is 3. The largest absolute Gasteiger partial charge is 0.394 e. The minimum atomic E-state index is -1.17. The molecule has 3 N–H and O–H groups in total. The highest BCUT2D eigenvalue weighted by Gasteiger charge is 2.78. The Balaban J connectivity index is 1.51. The third-order valence-electron chi connectivity index (χ3n) is 9.90. The second-order valence-corrected chi connectivity index (χ2v) is 12.2. The van der Waals surface area contributed by atoms with Crippen LogP contribution in [-0.2, 0) is 19.1 Å². The minimum Gasteiger partial charge on any atom is -0.394 e. The Kier molecular flexibility index (Phi) is 8.36. The molecule has 0 aromatic heterocycles. The van der Waals surface area contributed by atoms with Crippen molar-refractivity contribution in [2.75, 3.05) is 35.2 Å². The highest BCUT2D eigenvalue weighted by atomic mass is 16.5. The predicted octanol–water partition coefficient (Wildman–Crippen LogP) is 4.28. The molecular formula is C33H44N4O5. The lowest BCUT2D eigenvalue weighted by atomic mass is 9.66. The molecular weight excluding hydrogens is 532 g/mol. The lowest BCUT2D eigenvalue weighted by Crippen LogP contribution is -2.57. The summed E-state index contributed by atoms with van der Waals surface area (Å²) < 4.78 is 6.73. The summed E-state index contributed by atoms with van der Waals surface area (Å²) in [5.74, 6) is -2.63. The van der Waals surface area contributed by atoms with Gasteiger partial charge in [0.1, 0.15) is 11.6 Å². The van der Waals surface area contributed by atoms with Crippen LogP contribution in [0.15, 0.2) is 54.6 Å². The lowest BCUT2D eigenvalue weighted by Gasteiger charge is -2.39. The number of fused-ring (bicyclic) bond motifs is 1. The number of benzene rings is 2. The van der Waals surface area contributed by atoms with Gasteiger partial charge < -0.3 is 30.3 Å². The molecule has 0 aliphatic carbocycles. The van der Waals surface area contributed by atoms with E-state index in [9.17, 15) is 19.5 Å². The molecule has 9 heteroatoms. The SMILES string of the molecule is CC[C@H](C)[C@H](CO)N1C(=O)[C@@H]2[C@H](C(=O)Nc3ccccc3)[C@]3(C)CCC2(O3)C1C(=O)Nc1ccc(N(CC)CC)cc1. The number of likely N-dealkylation sites (tertiary alicyclic amines) is 1. The molecule has 3 amide bonds. The normalized spacial score (nSPS) is 29.2. The molecule has 9 nitrogen and oxygen atoms in total. The van der Waals surface area contributed by atoms with E-state index in [0.717, 1.165) is 18.8 Å². The van der Waals surface area contributed by atoms with Gasteiger partial charge in [-0.25, -0.2) is 0 Å². The van der Waals surface area contributed by atoms with Crippen molar-refractivity contribution in [3.05, 3.63) is 54.6 Å². The first-order valence-electron chi connectivity index (χ1n) is 15.3. The second-order valence-electron chi connectivity index (χ2n) is 12.2. The van der Waals surface area contributed by atoms with Crippen molar-refractivity contribution in [3.63, 3.8) is 0 Å². The number of aliphatic hydroxyl groups is 1. The second kappa shape index (κ2) is 11.7. The number of nitrogens with zero attached hydrogens (tertiary/aromatic N) is 2. The zero-order valence-corrected chi connectivity index (χ0v) is 25.3. The number of anilines is 3. The smallest absolute Gasteiger partial charge is 0.250 e. The van der Waals surface area contributed by atoms with Crippen LogP contribution in [0.2, 0.25) is 0 Å². The molecule has 2 aromatic carbocycles. The first kappa shape index (κ1) is 30.0. The van der Waals surface area contributed by atoms with Gasteiger partial charge in [-0.2, -0.15) is 0 Å². The monoisotopic (exact) mass is 576 g/mol. The van der Waals surface area contributed by atoms with E-state index in [1.165, 1.54) is 0 Å². The Morgan fingerprint density at radius 3 is 2.21 bits per heavy atom. The van der Waals surface area contributed by atoms with Crippen LogP contribution in [0.3, 0.4) is 0 Å². The molecule has 2 unspecified atom stereocenters. The number of nitrogens with one attached hydrogen (secondary N) is 2.